The van der Waals surface area contributed by atoms with Crippen molar-refractivity contribution in [3.63, 3.8) is 0 Å². The van der Waals surface area contributed by atoms with E-state index in [0.29, 0.717) is 6.01 Å². The number of para-hydroxylation sites is 1. The van der Waals surface area contributed by atoms with Gasteiger partial charge in [-0.05, 0) is 37.9 Å². The maximum Gasteiger partial charge on any atom is 0.322 e. The molecule has 0 fully saturated rings. The minimum atomic E-state index is 0.410. The van der Waals surface area contributed by atoms with Gasteiger partial charge < -0.3 is 10.1 Å². The topological polar surface area (TPSA) is 47.0 Å². The molecule has 2 rings (SSSR count). The molecule has 21 heavy (non-hydrogen) atoms. The Morgan fingerprint density at radius 3 is 2.67 bits per heavy atom. The maximum atomic E-state index is 5.82. The molecule has 1 N–H and O–H groups in total. The van der Waals surface area contributed by atoms with Gasteiger partial charge in [-0.15, -0.1) is 0 Å². The van der Waals surface area contributed by atoms with Crippen LogP contribution in [0.25, 0.3) is 0 Å². The molecule has 0 saturated heterocycles. The predicted octanol–water partition coefficient (Wildman–Crippen LogP) is 3.64. The van der Waals surface area contributed by atoms with E-state index in [4.69, 9.17) is 4.74 Å². The molecule has 0 aliphatic carbocycles. The number of hydrogen-bond donors (Lipinski definition) is 1. The Morgan fingerprint density at radius 1 is 1.14 bits per heavy atom. The minimum absolute atomic E-state index is 0.410. The maximum absolute atomic E-state index is 5.82. The monoisotopic (exact) mass is 285 g/mol. The van der Waals surface area contributed by atoms with E-state index in [0.717, 1.165) is 48.5 Å². The lowest BCUT2D eigenvalue weighted by Gasteiger charge is -2.10. The second kappa shape index (κ2) is 7.74. The van der Waals surface area contributed by atoms with Crippen molar-refractivity contribution in [1.29, 1.82) is 0 Å². The number of aryl methyl sites for hydroxylation is 2. The summed E-state index contributed by atoms with van der Waals surface area (Å²) >= 11 is 0. The quantitative estimate of drug-likeness (QED) is 0.789. The fraction of sp³-hybridized carbons (Fsp3) is 0.412. The van der Waals surface area contributed by atoms with E-state index in [1.165, 1.54) is 0 Å². The van der Waals surface area contributed by atoms with E-state index in [2.05, 4.69) is 35.2 Å². The van der Waals surface area contributed by atoms with Crippen LogP contribution in [0, 0.1) is 6.92 Å². The zero-order chi connectivity index (χ0) is 15.1. The summed E-state index contributed by atoms with van der Waals surface area (Å²) in [7, 11) is 0. The Labute approximate surface area is 126 Å². The molecule has 0 saturated carbocycles. The van der Waals surface area contributed by atoms with E-state index >= 15 is 0 Å². The van der Waals surface area contributed by atoms with Crippen LogP contribution in [-0.2, 0) is 13.0 Å². The standard InChI is InChI=1S/C17H23N3O/c1-4-10-18-11-15-12-19-17(20-13(15)3)21-16-9-7-6-8-14(16)5-2/h6-9,12,18H,4-5,10-11H2,1-3H3. The molecule has 0 aliphatic rings. The van der Waals surface area contributed by atoms with Gasteiger partial charge in [0.1, 0.15) is 5.75 Å². The second-order valence-electron chi connectivity index (χ2n) is 5.00. The molecular weight excluding hydrogens is 262 g/mol. The van der Waals surface area contributed by atoms with Gasteiger partial charge in [0.25, 0.3) is 0 Å². The average Bonchev–Trinajstić information content (AvgIpc) is 2.50. The zero-order valence-electron chi connectivity index (χ0n) is 13.0. The van der Waals surface area contributed by atoms with E-state index in [1.807, 2.05) is 31.3 Å². The Morgan fingerprint density at radius 2 is 1.95 bits per heavy atom. The van der Waals surface area contributed by atoms with Gasteiger partial charge in [-0.25, -0.2) is 4.98 Å². The molecule has 1 aromatic heterocycles. The van der Waals surface area contributed by atoms with Crippen molar-refractivity contribution < 1.29 is 4.74 Å². The first-order valence-corrected chi connectivity index (χ1v) is 7.53. The van der Waals surface area contributed by atoms with Gasteiger partial charge in [0.05, 0.1) is 0 Å². The molecule has 0 unspecified atom stereocenters. The highest BCUT2D eigenvalue weighted by Gasteiger charge is 2.07. The number of benzene rings is 1. The Balaban J connectivity index is 2.09. The van der Waals surface area contributed by atoms with Crippen molar-refractivity contribution in [3.8, 4) is 11.8 Å². The molecule has 1 heterocycles. The number of rotatable bonds is 7. The number of aromatic nitrogens is 2. The van der Waals surface area contributed by atoms with Gasteiger partial charge in [-0.3, -0.25) is 0 Å². The smallest absolute Gasteiger partial charge is 0.322 e. The third-order valence-corrected chi connectivity index (χ3v) is 3.36. The first-order chi connectivity index (χ1) is 10.2. The normalized spacial score (nSPS) is 10.6. The highest BCUT2D eigenvalue weighted by molar-refractivity contribution is 5.35. The SMILES string of the molecule is CCCNCc1cnc(Oc2ccccc2CC)nc1C. The van der Waals surface area contributed by atoms with Crippen molar-refractivity contribution >= 4 is 0 Å². The lowest BCUT2D eigenvalue weighted by molar-refractivity contribution is 0.434. The molecule has 0 atom stereocenters. The summed E-state index contributed by atoms with van der Waals surface area (Å²) in [6.45, 7) is 8.05. The van der Waals surface area contributed by atoms with Crippen molar-refractivity contribution in [3.05, 3.63) is 47.3 Å². The Bertz CT molecular complexity index is 584. The van der Waals surface area contributed by atoms with Crippen LogP contribution in [0.4, 0.5) is 0 Å². The molecule has 0 aliphatic heterocycles. The van der Waals surface area contributed by atoms with Gasteiger partial charge in [-0.1, -0.05) is 32.0 Å². The minimum Gasteiger partial charge on any atom is -0.424 e. The lowest BCUT2D eigenvalue weighted by Crippen LogP contribution is -2.15. The van der Waals surface area contributed by atoms with Crippen LogP contribution in [0.15, 0.2) is 30.5 Å². The lowest BCUT2D eigenvalue weighted by atomic mass is 10.1. The van der Waals surface area contributed by atoms with Crippen LogP contribution in [0.5, 0.6) is 11.8 Å². The largest absolute Gasteiger partial charge is 0.424 e. The summed E-state index contributed by atoms with van der Waals surface area (Å²) < 4.78 is 5.82. The van der Waals surface area contributed by atoms with Crippen molar-refractivity contribution in [2.24, 2.45) is 0 Å². The molecule has 0 amide bonds. The van der Waals surface area contributed by atoms with Gasteiger partial charge in [0.2, 0.25) is 0 Å². The third kappa shape index (κ3) is 4.26. The predicted molar refractivity (Wildman–Crippen MR) is 84.7 cm³/mol. The number of hydrogen-bond acceptors (Lipinski definition) is 4. The highest BCUT2D eigenvalue weighted by Crippen LogP contribution is 2.23. The Hall–Kier alpha value is -1.94. The second-order valence-corrected chi connectivity index (χ2v) is 5.00. The van der Waals surface area contributed by atoms with Crippen LogP contribution >= 0.6 is 0 Å². The molecule has 0 radical (unpaired) electrons. The van der Waals surface area contributed by atoms with Crippen LogP contribution in [-0.4, -0.2) is 16.5 Å². The summed E-state index contributed by atoms with van der Waals surface area (Å²) in [5.74, 6) is 0.830. The molecule has 4 heteroatoms. The molecule has 1 aromatic carbocycles. The van der Waals surface area contributed by atoms with Crippen LogP contribution in [0.2, 0.25) is 0 Å². The van der Waals surface area contributed by atoms with Gasteiger partial charge in [-0.2, -0.15) is 4.98 Å². The van der Waals surface area contributed by atoms with Crippen LogP contribution < -0.4 is 10.1 Å². The van der Waals surface area contributed by atoms with E-state index in [1.54, 1.807) is 0 Å². The molecule has 112 valence electrons. The first-order valence-electron chi connectivity index (χ1n) is 7.53. The fourth-order valence-electron chi connectivity index (χ4n) is 2.09. The van der Waals surface area contributed by atoms with E-state index < -0.39 is 0 Å². The molecule has 0 bridgehead atoms. The van der Waals surface area contributed by atoms with E-state index in [-0.39, 0.29) is 0 Å². The molecular formula is C17H23N3O. The van der Waals surface area contributed by atoms with Gasteiger partial charge in [0, 0.05) is 24.0 Å². The van der Waals surface area contributed by atoms with Crippen molar-refractivity contribution in [2.45, 2.75) is 40.2 Å². The number of ether oxygens (including phenoxy) is 1. The first kappa shape index (κ1) is 15.4. The number of nitrogens with zero attached hydrogens (tertiary/aromatic N) is 2. The summed E-state index contributed by atoms with van der Waals surface area (Å²) in [5, 5.41) is 3.36. The highest BCUT2D eigenvalue weighted by atomic mass is 16.5. The van der Waals surface area contributed by atoms with Crippen molar-refractivity contribution in [1.82, 2.24) is 15.3 Å². The summed E-state index contributed by atoms with van der Waals surface area (Å²) in [4.78, 5) is 8.76. The number of nitrogens with one attached hydrogen (secondary N) is 1. The van der Waals surface area contributed by atoms with Crippen LogP contribution in [0.3, 0.4) is 0 Å². The summed E-state index contributed by atoms with van der Waals surface area (Å²) in [5.41, 5.74) is 3.23. The van der Waals surface area contributed by atoms with E-state index in [9.17, 15) is 0 Å². The molecule has 2 aromatic rings. The van der Waals surface area contributed by atoms with Gasteiger partial charge >= 0.3 is 6.01 Å². The van der Waals surface area contributed by atoms with Crippen LogP contribution in [0.1, 0.15) is 37.1 Å². The average molecular weight is 285 g/mol. The molecule has 4 nitrogen and oxygen atoms in total. The van der Waals surface area contributed by atoms with Gasteiger partial charge in [0.15, 0.2) is 0 Å². The van der Waals surface area contributed by atoms with Crippen molar-refractivity contribution in [2.75, 3.05) is 6.54 Å². The summed E-state index contributed by atoms with van der Waals surface area (Å²) in [6.07, 6.45) is 3.89. The fourth-order valence-corrected chi connectivity index (χ4v) is 2.09. The Kier molecular flexibility index (Phi) is 5.69. The molecule has 0 spiro atoms. The summed E-state index contributed by atoms with van der Waals surface area (Å²) in [6, 6.07) is 8.40. The third-order valence-electron chi connectivity index (χ3n) is 3.36. The zero-order valence-corrected chi connectivity index (χ0v) is 13.0.